The highest BCUT2D eigenvalue weighted by Gasteiger charge is 2.28. The molecule has 6 nitrogen and oxygen atoms in total. The van der Waals surface area contributed by atoms with Crippen LogP contribution in [0.5, 0.6) is 0 Å². The minimum absolute atomic E-state index is 0.0428. The van der Waals surface area contributed by atoms with Crippen LogP contribution in [-0.2, 0) is 23.8 Å². The molecular weight excluding hydrogens is 622 g/mol. The van der Waals surface area contributed by atoms with E-state index in [4.69, 9.17) is 14.2 Å². The maximum Gasteiger partial charge on any atom is 0.306 e. The van der Waals surface area contributed by atoms with Crippen LogP contribution in [0.2, 0.25) is 0 Å². The quantitative estimate of drug-likeness (QED) is 0.102. The number of allylic oxidation sites excluding steroid dienone is 1. The number of rotatable bonds is 14. The monoisotopic (exact) mass is 700 g/mol. The predicted molar refractivity (Wildman–Crippen MR) is 208 cm³/mol. The van der Waals surface area contributed by atoms with Gasteiger partial charge in [-0.15, -0.1) is 0 Å². The van der Waals surface area contributed by atoms with E-state index in [0.717, 1.165) is 115 Å². The van der Waals surface area contributed by atoms with Crippen molar-refractivity contribution in [3.05, 3.63) is 29.3 Å². The van der Waals surface area contributed by atoms with Gasteiger partial charge in [0.1, 0.15) is 0 Å². The molecule has 0 saturated carbocycles. The summed E-state index contributed by atoms with van der Waals surface area (Å²) in [5, 5.41) is 0. The molecule has 1 aliphatic rings. The normalized spacial score (nSPS) is 22.2. The molecule has 0 spiro atoms. The topological polar surface area (TPSA) is 65.1 Å². The zero-order valence-electron chi connectivity index (χ0n) is 33.1. The smallest absolute Gasteiger partial charge is 0.306 e. The van der Waals surface area contributed by atoms with Gasteiger partial charge in [0, 0.05) is 6.61 Å². The summed E-state index contributed by atoms with van der Waals surface area (Å²) in [6.07, 6.45) is 27.5. The third-order valence-electron chi connectivity index (χ3n) is 10.0. The van der Waals surface area contributed by atoms with E-state index in [0.29, 0.717) is 32.2 Å². The zero-order chi connectivity index (χ0) is 36.5. The standard InChI is InChI=1S/C44H77NO5/c1-6-9-20-28-39-37-43(46)49-35-25-18-14-12-16-22-30-41(48-34-27-24-33-45(4)5)31-23-17-13-15-19-26-36-50-44(47)38-40(29-21-10-7-2)42(39)32-11-8-3/h39-41H,3,6-7,9-10,12-31,33-38H2,1-2,4-5H3. The molecule has 0 aromatic rings. The van der Waals surface area contributed by atoms with E-state index in [1.807, 2.05) is 0 Å². The fraction of sp³-hybridized carbons (Fsp3) is 0.841. The number of carbonyl (C=O) groups excluding carboxylic acids is 2. The van der Waals surface area contributed by atoms with Crippen molar-refractivity contribution in [2.45, 2.75) is 187 Å². The lowest BCUT2D eigenvalue weighted by Crippen LogP contribution is -2.22. The maximum atomic E-state index is 13.2. The molecule has 1 saturated heterocycles. The molecule has 288 valence electrons. The van der Waals surface area contributed by atoms with Gasteiger partial charge in [0.15, 0.2) is 0 Å². The van der Waals surface area contributed by atoms with Gasteiger partial charge in [-0.1, -0.05) is 128 Å². The molecule has 1 heterocycles. The van der Waals surface area contributed by atoms with E-state index in [1.54, 1.807) is 0 Å². The van der Waals surface area contributed by atoms with Crippen LogP contribution in [0.15, 0.2) is 29.3 Å². The average molecular weight is 700 g/mol. The van der Waals surface area contributed by atoms with Crippen molar-refractivity contribution in [3.63, 3.8) is 0 Å². The van der Waals surface area contributed by atoms with Crippen molar-refractivity contribution < 1.29 is 23.8 Å². The minimum atomic E-state index is -0.155. The molecule has 0 N–H and O–H groups in total. The van der Waals surface area contributed by atoms with Gasteiger partial charge in [0.25, 0.3) is 0 Å². The Morgan fingerprint density at radius 1 is 0.680 bits per heavy atom. The second kappa shape index (κ2) is 32.8. The van der Waals surface area contributed by atoms with Gasteiger partial charge < -0.3 is 19.1 Å². The summed E-state index contributed by atoms with van der Waals surface area (Å²) in [4.78, 5) is 28.6. The second-order valence-corrected chi connectivity index (χ2v) is 14.9. The number of ether oxygens (including phenoxy) is 3. The zero-order valence-corrected chi connectivity index (χ0v) is 33.1. The molecule has 1 fully saturated rings. The Balaban J connectivity index is 2.93. The highest BCUT2D eigenvalue weighted by Crippen LogP contribution is 2.33. The number of esters is 2. The third-order valence-corrected chi connectivity index (χ3v) is 10.0. The Bertz CT molecular complexity index is 921. The van der Waals surface area contributed by atoms with Gasteiger partial charge in [-0.2, -0.15) is 0 Å². The van der Waals surface area contributed by atoms with Gasteiger partial charge in [-0.25, -0.2) is 0 Å². The number of hydrogen-bond donors (Lipinski definition) is 0. The average Bonchev–Trinajstić information content (AvgIpc) is 3.09. The van der Waals surface area contributed by atoms with Crippen molar-refractivity contribution in [1.29, 1.82) is 0 Å². The maximum absolute atomic E-state index is 13.2. The summed E-state index contributed by atoms with van der Waals surface area (Å²) in [6.45, 7) is 11.0. The Morgan fingerprint density at radius 3 is 1.62 bits per heavy atom. The van der Waals surface area contributed by atoms with Crippen LogP contribution in [0.25, 0.3) is 0 Å². The van der Waals surface area contributed by atoms with Crippen molar-refractivity contribution in [2.24, 2.45) is 11.8 Å². The molecule has 0 amide bonds. The lowest BCUT2D eigenvalue weighted by molar-refractivity contribution is -0.145. The van der Waals surface area contributed by atoms with E-state index >= 15 is 0 Å². The Labute approximate surface area is 308 Å². The number of hydrogen-bond acceptors (Lipinski definition) is 6. The third kappa shape index (κ3) is 25.8. The Kier molecular flexibility index (Phi) is 30.2. The first-order valence-electron chi connectivity index (χ1n) is 20.9. The molecule has 1 rings (SSSR count). The highest BCUT2D eigenvalue weighted by molar-refractivity contribution is 5.71. The molecule has 0 radical (unpaired) electrons. The van der Waals surface area contributed by atoms with Crippen LogP contribution < -0.4 is 0 Å². The van der Waals surface area contributed by atoms with Crippen LogP contribution in [0, 0.1) is 11.8 Å². The van der Waals surface area contributed by atoms with Gasteiger partial charge in [0.05, 0.1) is 32.2 Å². The fourth-order valence-electron chi connectivity index (χ4n) is 7.02. The number of cyclic esters (lactones) is 2. The second-order valence-electron chi connectivity index (χ2n) is 14.9. The molecule has 0 aliphatic carbocycles. The molecule has 6 heteroatoms. The lowest BCUT2D eigenvalue weighted by atomic mass is 9.79. The first kappa shape index (κ1) is 46.0. The largest absolute Gasteiger partial charge is 0.466 e. The summed E-state index contributed by atoms with van der Waals surface area (Å²) >= 11 is 0. The van der Waals surface area contributed by atoms with Crippen molar-refractivity contribution in [2.75, 3.05) is 40.5 Å². The van der Waals surface area contributed by atoms with Crippen molar-refractivity contribution in [3.8, 4) is 0 Å². The Hall–Kier alpha value is -2.06. The predicted octanol–water partition coefficient (Wildman–Crippen LogP) is 11.5. The number of unbranched alkanes of at least 4 members (excludes halogenated alkanes) is 5. The first-order chi connectivity index (χ1) is 24.4. The van der Waals surface area contributed by atoms with Crippen molar-refractivity contribution in [1.82, 2.24) is 4.90 Å². The van der Waals surface area contributed by atoms with E-state index < -0.39 is 0 Å². The Morgan fingerprint density at radius 2 is 1.16 bits per heavy atom. The number of nitrogens with zero attached hydrogens (tertiary/aromatic N) is 1. The lowest BCUT2D eigenvalue weighted by Gasteiger charge is -2.25. The molecule has 50 heavy (non-hydrogen) atoms. The van der Waals surface area contributed by atoms with Crippen molar-refractivity contribution >= 4 is 11.9 Å². The number of carbonyl (C=O) groups is 2. The van der Waals surface area contributed by atoms with E-state index in [1.165, 1.54) is 57.8 Å². The van der Waals surface area contributed by atoms with Gasteiger partial charge in [-0.05, 0) is 102 Å². The summed E-state index contributed by atoms with van der Waals surface area (Å²) < 4.78 is 18.0. The van der Waals surface area contributed by atoms with Crippen LogP contribution >= 0.6 is 0 Å². The van der Waals surface area contributed by atoms with Crippen LogP contribution in [-0.4, -0.2) is 63.4 Å². The SMILES string of the molecule is C=C=C=C=C1C(CCCCC)CC(=O)OCCCCCCCCC(OCCCCN(C)C)CCCCCCCCOC(=O)CC1CCCCC. The van der Waals surface area contributed by atoms with E-state index in [9.17, 15) is 9.59 Å². The molecule has 0 bridgehead atoms. The van der Waals surface area contributed by atoms with Crippen LogP contribution in [0.1, 0.15) is 181 Å². The van der Waals surface area contributed by atoms with Gasteiger partial charge >= 0.3 is 11.9 Å². The minimum Gasteiger partial charge on any atom is -0.466 e. The summed E-state index contributed by atoms with van der Waals surface area (Å²) in [5.41, 5.74) is 10.00. The van der Waals surface area contributed by atoms with E-state index in [-0.39, 0.29) is 23.8 Å². The van der Waals surface area contributed by atoms with Gasteiger partial charge in [0.2, 0.25) is 0 Å². The molecule has 2 atom stereocenters. The van der Waals surface area contributed by atoms with Crippen LogP contribution in [0.3, 0.4) is 0 Å². The van der Waals surface area contributed by atoms with Gasteiger partial charge in [-0.3, -0.25) is 9.59 Å². The molecule has 2 unspecified atom stereocenters. The van der Waals surface area contributed by atoms with E-state index in [2.05, 4.69) is 56.6 Å². The molecule has 0 aromatic heterocycles. The van der Waals surface area contributed by atoms with Crippen LogP contribution in [0.4, 0.5) is 0 Å². The first-order valence-corrected chi connectivity index (χ1v) is 20.9. The fourth-order valence-corrected chi connectivity index (χ4v) is 7.02. The summed E-state index contributed by atoms with van der Waals surface area (Å²) in [5.74, 6) is -0.396. The molecular formula is C44H77NO5. The summed E-state index contributed by atoms with van der Waals surface area (Å²) in [6, 6.07) is 0. The molecule has 1 aliphatic heterocycles. The summed E-state index contributed by atoms with van der Waals surface area (Å²) in [7, 11) is 4.26. The molecule has 0 aromatic carbocycles. The highest BCUT2D eigenvalue weighted by atomic mass is 16.5.